The van der Waals surface area contributed by atoms with Crippen LogP contribution in [0.4, 0.5) is 5.13 Å². The molecule has 136 valence electrons. The summed E-state index contributed by atoms with van der Waals surface area (Å²) in [4.78, 5) is 30.1. The van der Waals surface area contributed by atoms with Crippen molar-refractivity contribution < 1.29 is 9.90 Å². The summed E-state index contributed by atoms with van der Waals surface area (Å²) in [6.45, 7) is 2.41. The van der Waals surface area contributed by atoms with Gasteiger partial charge < -0.3 is 9.67 Å². The second kappa shape index (κ2) is 6.85. The molecule has 0 bridgehead atoms. The number of amides is 1. The molecule has 0 saturated carbocycles. The highest BCUT2D eigenvalue weighted by molar-refractivity contribution is 7.22. The van der Waals surface area contributed by atoms with Crippen molar-refractivity contribution in [3.8, 4) is 5.75 Å². The van der Waals surface area contributed by atoms with E-state index in [0.29, 0.717) is 22.6 Å². The number of aromatic nitrogens is 2. The van der Waals surface area contributed by atoms with Gasteiger partial charge in [0.1, 0.15) is 11.3 Å². The smallest absolute Gasteiger partial charge is 0.267 e. The topological polar surface area (TPSA) is 84.2 Å². The molecule has 6 nitrogen and oxygen atoms in total. The number of aryl methyl sites for hydroxylation is 1. The molecule has 7 heteroatoms. The Labute approximate surface area is 158 Å². The van der Waals surface area contributed by atoms with Crippen LogP contribution in [0.3, 0.4) is 0 Å². The lowest BCUT2D eigenvalue weighted by Gasteiger charge is -2.13. The van der Waals surface area contributed by atoms with E-state index < -0.39 is 11.5 Å². The molecule has 1 amide bonds. The fourth-order valence-corrected chi connectivity index (χ4v) is 3.99. The molecule has 2 heterocycles. The Kier molecular flexibility index (Phi) is 4.37. The molecule has 0 radical (unpaired) electrons. The van der Waals surface area contributed by atoms with Gasteiger partial charge in [0.25, 0.3) is 11.5 Å². The zero-order valence-corrected chi connectivity index (χ0v) is 15.4. The molecule has 0 aliphatic carbocycles. The number of thiazole rings is 1. The third-order valence-electron chi connectivity index (χ3n) is 4.33. The molecule has 27 heavy (non-hydrogen) atoms. The van der Waals surface area contributed by atoms with Crippen molar-refractivity contribution in [1.82, 2.24) is 9.55 Å². The van der Waals surface area contributed by atoms with Crippen LogP contribution in [-0.2, 0) is 6.54 Å². The van der Waals surface area contributed by atoms with Crippen LogP contribution in [0.1, 0.15) is 23.7 Å². The number of carbonyl (C=O) groups is 1. The van der Waals surface area contributed by atoms with Crippen LogP contribution in [0.2, 0.25) is 0 Å². The minimum atomic E-state index is -0.660. The van der Waals surface area contributed by atoms with Crippen LogP contribution >= 0.6 is 11.3 Å². The molecular formula is C20H17N3O3S. The first-order valence-electron chi connectivity index (χ1n) is 8.61. The summed E-state index contributed by atoms with van der Waals surface area (Å²) in [6.07, 6.45) is 0.730. The van der Waals surface area contributed by atoms with Crippen LogP contribution in [0.25, 0.3) is 21.1 Å². The van der Waals surface area contributed by atoms with Gasteiger partial charge in [-0.3, -0.25) is 14.9 Å². The lowest BCUT2D eigenvalue weighted by molar-refractivity contribution is 0.102. The molecule has 2 aromatic heterocycles. The first kappa shape index (κ1) is 17.2. The van der Waals surface area contributed by atoms with Gasteiger partial charge >= 0.3 is 0 Å². The summed E-state index contributed by atoms with van der Waals surface area (Å²) in [5, 5.41) is 14.1. The average Bonchev–Trinajstić information content (AvgIpc) is 3.07. The van der Waals surface area contributed by atoms with Crippen LogP contribution in [0.15, 0.2) is 53.3 Å². The second-order valence-electron chi connectivity index (χ2n) is 6.14. The van der Waals surface area contributed by atoms with Gasteiger partial charge in [-0.1, -0.05) is 42.5 Å². The zero-order valence-electron chi connectivity index (χ0n) is 14.6. The molecule has 0 atom stereocenters. The number of nitrogens with zero attached hydrogens (tertiary/aromatic N) is 2. The van der Waals surface area contributed by atoms with E-state index in [-0.39, 0.29) is 11.3 Å². The highest BCUT2D eigenvalue weighted by atomic mass is 32.1. The van der Waals surface area contributed by atoms with Crippen LogP contribution in [-0.4, -0.2) is 20.6 Å². The molecule has 0 spiro atoms. The Bertz CT molecular complexity index is 1190. The highest BCUT2D eigenvalue weighted by Gasteiger charge is 2.22. The fraction of sp³-hybridized carbons (Fsp3) is 0.150. The summed E-state index contributed by atoms with van der Waals surface area (Å²) in [7, 11) is 0. The SMILES string of the molecule is CCCn1c(=O)c(C(=O)Nc2nc3ccccc3s2)c(O)c2ccccc21. The Morgan fingerprint density at radius 2 is 1.93 bits per heavy atom. The molecule has 0 unspecified atom stereocenters. The van der Waals surface area contributed by atoms with E-state index in [1.807, 2.05) is 31.2 Å². The molecule has 0 aliphatic rings. The normalized spacial score (nSPS) is 11.1. The van der Waals surface area contributed by atoms with Gasteiger partial charge in [0.15, 0.2) is 5.13 Å². The highest BCUT2D eigenvalue weighted by Crippen LogP contribution is 2.29. The Balaban J connectivity index is 1.82. The number of benzene rings is 2. The van der Waals surface area contributed by atoms with E-state index in [1.165, 1.54) is 15.9 Å². The van der Waals surface area contributed by atoms with Gasteiger partial charge in [0.05, 0.1) is 15.7 Å². The number of para-hydroxylation sites is 2. The molecule has 0 aliphatic heterocycles. The van der Waals surface area contributed by atoms with E-state index in [0.717, 1.165) is 16.6 Å². The number of hydrogen-bond acceptors (Lipinski definition) is 5. The first-order valence-corrected chi connectivity index (χ1v) is 9.43. The summed E-state index contributed by atoms with van der Waals surface area (Å²) in [6, 6.07) is 14.5. The lowest BCUT2D eigenvalue weighted by atomic mass is 10.1. The number of carbonyl (C=O) groups excluding carboxylic acids is 1. The van der Waals surface area contributed by atoms with Crippen molar-refractivity contribution in [3.63, 3.8) is 0 Å². The minimum Gasteiger partial charge on any atom is -0.506 e. The maximum atomic E-state index is 12.9. The Hall–Kier alpha value is -3.19. The number of fused-ring (bicyclic) bond motifs is 2. The van der Waals surface area contributed by atoms with Gasteiger partial charge in [0.2, 0.25) is 0 Å². The maximum absolute atomic E-state index is 12.9. The van der Waals surface area contributed by atoms with Crippen molar-refractivity contribution >= 4 is 43.5 Å². The molecule has 4 aromatic rings. The first-order chi connectivity index (χ1) is 13.1. The van der Waals surface area contributed by atoms with E-state index in [4.69, 9.17) is 0 Å². The summed E-state index contributed by atoms with van der Waals surface area (Å²) in [5.74, 6) is -0.964. The number of aromatic hydroxyl groups is 1. The van der Waals surface area contributed by atoms with E-state index in [9.17, 15) is 14.7 Å². The molecule has 4 rings (SSSR count). The van der Waals surface area contributed by atoms with Crippen molar-refractivity contribution in [2.75, 3.05) is 5.32 Å². The van der Waals surface area contributed by atoms with Crippen LogP contribution < -0.4 is 10.9 Å². The number of pyridine rings is 1. The standard InChI is InChI=1S/C20H17N3O3S/c1-2-11-23-14-9-5-3-7-12(14)17(24)16(19(23)26)18(25)22-20-21-13-8-4-6-10-15(13)27-20/h3-10,24H,2,11H2,1H3,(H,21,22,25). The van der Waals surface area contributed by atoms with E-state index in [1.54, 1.807) is 24.3 Å². The third-order valence-corrected chi connectivity index (χ3v) is 5.29. The van der Waals surface area contributed by atoms with Crippen molar-refractivity contribution in [3.05, 3.63) is 64.4 Å². The van der Waals surface area contributed by atoms with Gasteiger partial charge in [0, 0.05) is 11.9 Å². The van der Waals surface area contributed by atoms with Gasteiger partial charge in [-0.25, -0.2) is 4.98 Å². The predicted molar refractivity (Wildman–Crippen MR) is 108 cm³/mol. The van der Waals surface area contributed by atoms with Crippen LogP contribution in [0.5, 0.6) is 5.75 Å². The molecule has 0 saturated heterocycles. The zero-order chi connectivity index (χ0) is 19.0. The largest absolute Gasteiger partial charge is 0.506 e. The molecule has 2 aromatic carbocycles. The van der Waals surface area contributed by atoms with Crippen molar-refractivity contribution in [2.45, 2.75) is 19.9 Å². The number of nitrogens with one attached hydrogen (secondary N) is 1. The van der Waals surface area contributed by atoms with E-state index in [2.05, 4.69) is 10.3 Å². The molecule has 0 fully saturated rings. The van der Waals surface area contributed by atoms with Gasteiger partial charge in [-0.05, 0) is 30.7 Å². The second-order valence-corrected chi connectivity index (χ2v) is 7.17. The minimum absolute atomic E-state index is 0.263. The van der Waals surface area contributed by atoms with Crippen molar-refractivity contribution in [2.24, 2.45) is 0 Å². The lowest BCUT2D eigenvalue weighted by Crippen LogP contribution is -2.29. The maximum Gasteiger partial charge on any atom is 0.267 e. The third kappa shape index (κ3) is 2.96. The Morgan fingerprint density at radius 3 is 2.70 bits per heavy atom. The average molecular weight is 379 g/mol. The molecule has 2 N–H and O–H groups in total. The van der Waals surface area contributed by atoms with Gasteiger partial charge in [-0.2, -0.15) is 0 Å². The summed E-state index contributed by atoms with van der Waals surface area (Å²) >= 11 is 1.32. The number of anilines is 1. The molecular weight excluding hydrogens is 362 g/mol. The fourth-order valence-electron chi connectivity index (χ4n) is 3.13. The van der Waals surface area contributed by atoms with E-state index >= 15 is 0 Å². The van der Waals surface area contributed by atoms with Crippen molar-refractivity contribution in [1.29, 1.82) is 0 Å². The Morgan fingerprint density at radius 1 is 1.19 bits per heavy atom. The number of hydrogen-bond donors (Lipinski definition) is 2. The monoisotopic (exact) mass is 379 g/mol. The summed E-state index contributed by atoms with van der Waals surface area (Å²) < 4.78 is 2.46. The van der Waals surface area contributed by atoms with Crippen LogP contribution in [0, 0.1) is 0 Å². The number of rotatable bonds is 4. The predicted octanol–water partition coefficient (Wildman–Crippen LogP) is 3.98. The van der Waals surface area contributed by atoms with Gasteiger partial charge in [-0.15, -0.1) is 0 Å². The quantitative estimate of drug-likeness (QED) is 0.562. The summed E-state index contributed by atoms with van der Waals surface area (Å²) in [5.41, 5.74) is 0.607.